The minimum absolute atomic E-state index is 0.267. The molecule has 6 heteroatoms. The maximum Gasteiger partial charge on any atom is 0.329 e. The van der Waals surface area contributed by atoms with Crippen LogP contribution in [0, 0.1) is 0 Å². The molecule has 0 aromatic heterocycles. The van der Waals surface area contributed by atoms with E-state index in [4.69, 9.17) is 33.0 Å². The van der Waals surface area contributed by atoms with Crippen LogP contribution in [-0.2, 0) is 16.1 Å². The summed E-state index contributed by atoms with van der Waals surface area (Å²) in [6.45, 7) is 3.62. The molecule has 0 aliphatic carbocycles. The molecule has 1 aliphatic rings. The largest absolute Gasteiger partial charge is 0.480 e. The van der Waals surface area contributed by atoms with Gasteiger partial charge in [0.1, 0.15) is 6.61 Å². The SMILES string of the molecule is CC1(OCC(=O)O)CN(Cc2c(Cl)cccc2Cl)C1. The van der Waals surface area contributed by atoms with Gasteiger partial charge >= 0.3 is 5.97 Å². The summed E-state index contributed by atoms with van der Waals surface area (Å²) >= 11 is 12.2. The molecule has 1 heterocycles. The van der Waals surface area contributed by atoms with Gasteiger partial charge in [-0.1, -0.05) is 29.3 Å². The fourth-order valence-corrected chi connectivity index (χ4v) is 2.76. The van der Waals surface area contributed by atoms with Gasteiger partial charge in [-0.3, -0.25) is 4.90 Å². The first kappa shape index (κ1) is 14.6. The number of ether oxygens (including phenoxy) is 1. The average Bonchev–Trinajstić information content (AvgIpc) is 2.29. The van der Waals surface area contributed by atoms with Crippen molar-refractivity contribution in [1.82, 2.24) is 4.90 Å². The van der Waals surface area contributed by atoms with Gasteiger partial charge in [-0.05, 0) is 19.1 Å². The van der Waals surface area contributed by atoms with Gasteiger partial charge in [-0.2, -0.15) is 0 Å². The Morgan fingerprint density at radius 3 is 2.53 bits per heavy atom. The Kier molecular flexibility index (Phi) is 4.36. The van der Waals surface area contributed by atoms with E-state index in [1.54, 1.807) is 0 Å². The third-order valence-corrected chi connectivity index (χ3v) is 3.81. The fourth-order valence-electron chi connectivity index (χ4n) is 2.25. The number of benzene rings is 1. The smallest absolute Gasteiger partial charge is 0.329 e. The van der Waals surface area contributed by atoms with E-state index >= 15 is 0 Å². The molecule has 1 saturated heterocycles. The average molecular weight is 304 g/mol. The Morgan fingerprint density at radius 1 is 1.42 bits per heavy atom. The second-order valence-electron chi connectivity index (χ2n) is 4.98. The lowest BCUT2D eigenvalue weighted by Crippen LogP contribution is -2.61. The van der Waals surface area contributed by atoms with Crippen molar-refractivity contribution in [2.45, 2.75) is 19.1 Å². The van der Waals surface area contributed by atoms with E-state index in [9.17, 15) is 4.79 Å². The number of aliphatic carboxylic acids is 1. The molecule has 1 fully saturated rings. The van der Waals surface area contributed by atoms with Crippen molar-refractivity contribution >= 4 is 29.2 Å². The fraction of sp³-hybridized carbons (Fsp3) is 0.462. The lowest BCUT2D eigenvalue weighted by molar-refractivity contribution is -0.165. The highest BCUT2D eigenvalue weighted by Crippen LogP contribution is 2.31. The van der Waals surface area contributed by atoms with Crippen molar-refractivity contribution in [2.75, 3.05) is 19.7 Å². The summed E-state index contributed by atoms with van der Waals surface area (Å²) in [6, 6.07) is 5.43. The molecule has 2 rings (SSSR count). The Bertz CT molecular complexity index is 467. The first-order valence-electron chi connectivity index (χ1n) is 5.91. The van der Waals surface area contributed by atoms with Gasteiger partial charge in [0.25, 0.3) is 0 Å². The van der Waals surface area contributed by atoms with Crippen molar-refractivity contribution in [1.29, 1.82) is 0 Å². The number of carbonyl (C=O) groups is 1. The van der Waals surface area contributed by atoms with Crippen molar-refractivity contribution in [3.05, 3.63) is 33.8 Å². The zero-order chi connectivity index (χ0) is 14.0. The van der Waals surface area contributed by atoms with Gasteiger partial charge in [-0.25, -0.2) is 4.79 Å². The number of likely N-dealkylation sites (tertiary alicyclic amines) is 1. The summed E-state index contributed by atoms with van der Waals surface area (Å²) in [4.78, 5) is 12.6. The molecule has 1 aromatic carbocycles. The highest BCUT2D eigenvalue weighted by Gasteiger charge is 2.40. The molecular weight excluding hydrogens is 289 g/mol. The van der Waals surface area contributed by atoms with Crippen LogP contribution in [-0.4, -0.2) is 41.3 Å². The molecule has 0 saturated carbocycles. The van der Waals surface area contributed by atoms with E-state index in [1.807, 2.05) is 25.1 Å². The topological polar surface area (TPSA) is 49.8 Å². The molecule has 0 radical (unpaired) electrons. The van der Waals surface area contributed by atoms with Crippen molar-refractivity contribution in [3.8, 4) is 0 Å². The maximum atomic E-state index is 10.5. The lowest BCUT2D eigenvalue weighted by atomic mass is 9.95. The third-order valence-electron chi connectivity index (χ3n) is 3.10. The summed E-state index contributed by atoms with van der Waals surface area (Å²) in [7, 11) is 0. The number of halogens is 2. The number of hydrogen-bond donors (Lipinski definition) is 1. The molecule has 1 N–H and O–H groups in total. The highest BCUT2D eigenvalue weighted by molar-refractivity contribution is 6.35. The van der Waals surface area contributed by atoms with Crippen LogP contribution in [0.2, 0.25) is 10.0 Å². The summed E-state index contributed by atoms with van der Waals surface area (Å²) in [5, 5.41) is 9.89. The van der Waals surface area contributed by atoms with E-state index in [2.05, 4.69) is 4.90 Å². The summed E-state index contributed by atoms with van der Waals surface area (Å²) in [5.41, 5.74) is 0.498. The normalized spacial score (nSPS) is 18.1. The summed E-state index contributed by atoms with van der Waals surface area (Å²) < 4.78 is 5.35. The monoisotopic (exact) mass is 303 g/mol. The Labute approximate surface area is 121 Å². The first-order chi connectivity index (χ1) is 8.89. The van der Waals surface area contributed by atoms with E-state index in [1.165, 1.54) is 0 Å². The van der Waals surface area contributed by atoms with Crippen molar-refractivity contribution in [2.24, 2.45) is 0 Å². The van der Waals surface area contributed by atoms with Gasteiger partial charge in [0.05, 0.1) is 5.60 Å². The second kappa shape index (κ2) is 5.67. The molecule has 19 heavy (non-hydrogen) atoms. The van der Waals surface area contributed by atoms with Crippen LogP contribution in [0.3, 0.4) is 0 Å². The number of hydrogen-bond acceptors (Lipinski definition) is 3. The number of carboxylic acid groups (broad SMARTS) is 1. The summed E-state index contributed by atoms with van der Waals surface area (Å²) in [6.07, 6.45) is 0. The first-order valence-corrected chi connectivity index (χ1v) is 6.66. The number of rotatable bonds is 5. The number of nitrogens with zero attached hydrogens (tertiary/aromatic N) is 1. The minimum atomic E-state index is -0.950. The standard InChI is InChI=1S/C13H15Cl2NO3/c1-13(19-6-12(17)18)7-16(8-13)5-9-10(14)3-2-4-11(9)15/h2-4H,5-8H2,1H3,(H,17,18). The molecule has 1 aromatic rings. The quantitative estimate of drug-likeness (QED) is 0.908. The van der Waals surface area contributed by atoms with E-state index in [0.717, 1.165) is 5.56 Å². The van der Waals surface area contributed by atoms with Crippen LogP contribution >= 0.6 is 23.2 Å². The molecule has 0 amide bonds. The number of carboxylic acids is 1. The minimum Gasteiger partial charge on any atom is -0.480 e. The van der Waals surface area contributed by atoms with E-state index in [0.29, 0.717) is 29.7 Å². The molecule has 104 valence electrons. The second-order valence-corrected chi connectivity index (χ2v) is 5.79. The van der Waals surface area contributed by atoms with Gasteiger partial charge in [0.15, 0.2) is 0 Å². The van der Waals surface area contributed by atoms with Crippen LogP contribution < -0.4 is 0 Å². The molecule has 0 unspecified atom stereocenters. The van der Waals surface area contributed by atoms with Crippen LogP contribution in [0.25, 0.3) is 0 Å². The van der Waals surface area contributed by atoms with Crippen LogP contribution in [0.4, 0.5) is 0 Å². The predicted octanol–water partition coefficient (Wildman–Crippen LogP) is 2.67. The molecule has 1 aliphatic heterocycles. The molecule has 0 bridgehead atoms. The molecule has 0 atom stereocenters. The predicted molar refractivity (Wildman–Crippen MR) is 73.7 cm³/mol. The van der Waals surface area contributed by atoms with Crippen molar-refractivity contribution < 1.29 is 14.6 Å². The Hall–Kier alpha value is -0.810. The van der Waals surface area contributed by atoms with E-state index < -0.39 is 11.6 Å². The van der Waals surface area contributed by atoms with Crippen LogP contribution in [0.1, 0.15) is 12.5 Å². The van der Waals surface area contributed by atoms with Gasteiger partial charge in [0, 0.05) is 35.2 Å². The lowest BCUT2D eigenvalue weighted by Gasteiger charge is -2.47. The maximum absolute atomic E-state index is 10.5. The molecular formula is C13H15Cl2NO3. The van der Waals surface area contributed by atoms with Gasteiger partial charge in [0.2, 0.25) is 0 Å². The Balaban J connectivity index is 1.89. The Morgan fingerprint density at radius 2 is 2.00 bits per heavy atom. The van der Waals surface area contributed by atoms with Crippen LogP contribution in [0.15, 0.2) is 18.2 Å². The van der Waals surface area contributed by atoms with E-state index in [-0.39, 0.29) is 6.61 Å². The van der Waals surface area contributed by atoms with Crippen LogP contribution in [0.5, 0.6) is 0 Å². The zero-order valence-electron chi connectivity index (χ0n) is 10.5. The van der Waals surface area contributed by atoms with Gasteiger partial charge in [-0.15, -0.1) is 0 Å². The zero-order valence-corrected chi connectivity index (χ0v) is 12.0. The van der Waals surface area contributed by atoms with Gasteiger partial charge < -0.3 is 9.84 Å². The summed E-state index contributed by atoms with van der Waals surface area (Å²) in [5.74, 6) is -0.950. The highest BCUT2D eigenvalue weighted by atomic mass is 35.5. The molecule has 0 spiro atoms. The van der Waals surface area contributed by atoms with Crippen molar-refractivity contribution in [3.63, 3.8) is 0 Å². The third kappa shape index (κ3) is 3.60. The molecule has 4 nitrogen and oxygen atoms in total.